The Bertz CT molecular complexity index is 795. The van der Waals surface area contributed by atoms with Gasteiger partial charge in [0.2, 0.25) is 5.91 Å². The lowest BCUT2D eigenvalue weighted by Gasteiger charge is -2.17. The number of cyclic esters (lactones) is 1. The molecule has 136 valence electrons. The van der Waals surface area contributed by atoms with Gasteiger partial charge in [0.1, 0.15) is 6.61 Å². The number of nitrogens with one attached hydrogen (secondary N) is 2. The molecule has 1 unspecified atom stereocenters. The number of benzene rings is 2. The first kappa shape index (κ1) is 18.4. The quantitative estimate of drug-likeness (QED) is 0.751. The number of halogens is 1. The average molecular weight is 418 g/mol. The summed E-state index contributed by atoms with van der Waals surface area (Å²) in [4.78, 5) is 25.3. The maximum Gasteiger partial charge on any atom is 0.414 e. The predicted octanol–water partition coefficient (Wildman–Crippen LogP) is 3.70. The lowest BCUT2D eigenvalue weighted by Crippen LogP contribution is -2.30. The highest BCUT2D eigenvalue weighted by Crippen LogP contribution is 2.22. The van der Waals surface area contributed by atoms with Crippen LogP contribution in [0.1, 0.15) is 18.5 Å². The van der Waals surface area contributed by atoms with Crippen molar-refractivity contribution >= 4 is 39.3 Å². The zero-order valence-corrected chi connectivity index (χ0v) is 16.0. The fraction of sp³-hybridized carbons (Fsp3) is 0.263. The summed E-state index contributed by atoms with van der Waals surface area (Å²) < 4.78 is 5.86. The highest BCUT2D eigenvalue weighted by molar-refractivity contribution is 9.10. The molecule has 0 radical (unpaired) electrons. The van der Waals surface area contributed by atoms with Crippen LogP contribution in [0.4, 0.5) is 16.2 Å². The molecule has 2 amide bonds. The molecule has 1 aliphatic rings. The van der Waals surface area contributed by atoms with Crippen molar-refractivity contribution < 1.29 is 14.3 Å². The van der Waals surface area contributed by atoms with Crippen molar-refractivity contribution in [3.63, 3.8) is 0 Å². The second kappa shape index (κ2) is 8.33. The van der Waals surface area contributed by atoms with Crippen molar-refractivity contribution in [2.45, 2.75) is 13.0 Å². The number of hydrogen-bond acceptors (Lipinski definition) is 4. The summed E-state index contributed by atoms with van der Waals surface area (Å²) in [7, 11) is 0. The second-order valence-corrected chi connectivity index (χ2v) is 6.93. The van der Waals surface area contributed by atoms with E-state index in [2.05, 4.69) is 26.6 Å². The van der Waals surface area contributed by atoms with Crippen LogP contribution in [0.15, 0.2) is 53.0 Å². The molecule has 7 heteroatoms. The highest BCUT2D eigenvalue weighted by Gasteiger charge is 2.23. The van der Waals surface area contributed by atoms with Gasteiger partial charge in [-0.2, -0.15) is 0 Å². The number of carbonyl (C=O) groups is 2. The van der Waals surface area contributed by atoms with Crippen molar-refractivity contribution in [2.75, 3.05) is 29.9 Å². The number of rotatable bonds is 6. The van der Waals surface area contributed by atoms with E-state index < -0.39 is 0 Å². The maximum atomic E-state index is 12.1. The molecule has 1 fully saturated rings. The SMILES string of the molecule is CC(NCC(=O)Nc1cccc(Br)c1)c1ccc(N2CCOC2=O)cc1. The molecule has 0 bridgehead atoms. The molecular formula is C19H20BrN3O3. The lowest BCUT2D eigenvalue weighted by atomic mass is 10.1. The molecule has 26 heavy (non-hydrogen) atoms. The van der Waals surface area contributed by atoms with Crippen LogP contribution in [0.5, 0.6) is 0 Å². The van der Waals surface area contributed by atoms with E-state index in [4.69, 9.17) is 4.74 Å². The van der Waals surface area contributed by atoms with E-state index in [-0.39, 0.29) is 24.6 Å². The first-order chi connectivity index (χ1) is 12.5. The molecule has 0 aliphatic carbocycles. The minimum Gasteiger partial charge on any atom is -0.447 e. The number of amides is 2. The number of anilines is 2. The summed E-state index contributed by atoms with van der Waals surface area (Å²) in [6.07, 6.45) is -0.312. The minimum atomic E-state index is -0.312. The topological polar surface area (TPSA) is 70.7 Å². The van der Waals surface area contributed by atoms with E-state index in [0.717, 1.165) is 21.4 Å². The highest BCUT2D eigenvalue weighted by atomic mass is 79.9. The predicted molar refractivity (Wildman–Crippen MR) is 104 cm³/mol. The van der Waals surface area contributed by atoms with Crippen LogP contribution >= 0.6 is 15.9 Å². The fourth-order valence-electron chi connectivity index (χ4n) is 2.71. The largest absolute Gasteiger partial charge is 0.447 e. The number of hydrogen-bond donors (Lipinski definition) is 2. The Balaban J connectivity index is 1.52. The molecule has 1 saturated heterocycles. The Morgan fingerprint density at radius 1 is 1.27 bits per heavy atom. The van der Waals surface area contributed by atoms with Gasteiger partial charge in [0.05, 0.1) is 13.1 Å². The zero-order chi connectivity index (χ0) is 18.5. The Kier molecular flexibility index (Phi) is 5.90. The molecule has 2 N–H and O–H groups in total. The molecule has 0 aromatic heterocycles. The van der Waals surface area contributed by atoms with Gasteiger partial charge < -0.3 is 15.4 Å². The van der Waals surface area contributed by atoms with E-state index in [1.807, 2.05) is 55.5 Å². The van der Waals surface area contributed by atoms with E-state index in [0.29, 0.717) is 13.2 Å². The summed E-state index contributed by atoms with van der Waals surface area (Å²) in [6, 6.07) is 15.1. The Hall–Kier alpha value is -2.38. The minimum absolute atomic E-state index is 0.00263. The molecule has 0 spiro atoms. The van der Waals surface area contributed by atoms with E-state index >= 15 is 0 Å². The van der Waals surface area contributed by atoms with Crippen LogP contribution in [0.25, 0.3) is 0 Å². The number of ether oxygens (including phenoxy) is 1. The Labute approximate surface area is 160 Å². The molecule has 2 aromatic rings. The average Bonchev–Trinajstić information content (AvgIpc) is 3.06. The zero-order valence-electron chi connectivity index (χ0n) is 14.4. The summed E-state index contributed by atoms with van der Waals surface area (Å²) in [5.74, 6) is -0.105. The van der Waals surface area contributed by atoms with Crippen molar-refractivity contribution in [1.29, 1.82) is 0 Å². The summed E-state index contributed by atoms with van der Waals surface area (Å²) in [6.45, 7) is 3.19. The van der Waals surface area contributed by atoms with Gasteiger partial charge in [0, 0.05) is 21.9 Å². The molecule has 2 aromatic carbocycles. The van der Waals surface area contributed by atoms with Crippen LogP contribution in [0.3, 0.4) is 0 Å². The van der Waals surface area contributed by atoms with E-state index in [9.17, 15) is 9.59 Å². The molecule has 1 aliphatic heterocycles. The number of nitrogens with zero attached hydrogens (tertiary/aromatic N) is 1. The lowest BCUT2D eigenvalue weighted by molar-refractivity contribution is -0.115. The van der Waals surface area contributed by atoms with Gasteiger partial charge >= 0.3 is 6.09 Å². The number of carbonyl (C=O) groups excluding carboxylic acids is 2. The molecule has 0 saturated carbocycles. The first-order valence-corrected chi connectivity index (χ1v) is 9.15. The Morgan fingerprint density at radius 2 is 2.04 bits per heavy atom. The first-order valence-electron chi connectivity index (χ1n) is 8.36. The molecule has 1 atom stereocenters. The van der Waals surface area contributed by atoms with Crippen LogP contribution in [-0.2, 0) is 9.53 Å². The van der Waals surface area contributed by atoms with Crippen LogP contribution in [-0.4, -0.2) is 31.7 Å². The van der Waals surface area contributed by atoms with Crippen molar-refractivity contribution in [3.8, 4) is 0 Å². The molecule has 3 rings (SSSR count). The van der Waals surface area contributed by atoms with Crippen LogP contribution < -0.4 is 15.5 Å². The van der Waals surface area contributed by atoms with E-state index in [1.165, 1.54) is 0 Å². The fourth-order valence-corrected chi connectivity index (χ4v) is 3.11. The van der Waals surface area contributed by atoms with Gasteiger partial charge in [0.25, 0.3) is 0 Å². The van der Waals surface area contributed by atoms with Crippen LogP contribution in [0, 0.1) is 0 Å². The third-order valence-corrected chi connectivity index (χ3v) is 4.64. The second-order valence-electron chi connectivity index (χ2n) is 6.02. The monoisotopic (exact) mass is 417 g/mol. The summed E-state index contributed by atoms with van der Waals surface area (Å²) in [5, 5.41) is 6.05. The Morgan fingerprint density at radius 3 is 2.69 bits per heavy atom. The van der Waals surface area contributed by atoms with Gasteiger partial charge in [-0.25, -0.2) is 4.79 Å². The smallest absolute Gasteiger partial charge is 0.414 e. The summed E-state index contributed by atoms with van der Waals surface area (Å²) >= 11 is 3.38. The van der Waals surface area contributed by atoms with Crippen molar-refractivity contribution in [3.05, 3.63) is 58.6 Å². The third kappa shape index (κ3) is 4.62. The van der Waals surface area contributed by atoms with E-state index in [1.54, 1.807) is 4.90 Å². The molecular weight excluding hydrogens is 398 g/mol. The van der Waals surface area contributed by atoms with Gasteiger partial charge in [0.15, 0.2) is 0 Å². The van der Waals surface area contributed by atoms with Gasteiger partial charge in [-0.3, -0.25) is 9.69 Å². The summed E-state index contributed by atoms with van der Waals surface area (Å²) in [5.41, 5.74) is 2.60. The maximum absolute atomic E-state index is 12.1. The normalized spacial score (nSPS) is 14.8. The van der Waals surface area contributed by atoms with Gasteiger partial charge in [-0.1, -0.05) is 34.1 Å². The third-order valence-electron chi connectivity index (χ3n) is 4.14. The van der Waals surface area contributed by atoms with Crippen LogP contribution in [0.2, 0.25) is 0 Å². The van der Waals surface area contributed by atoms with Crippen molar-refractivity contribution in [1.82, 2.24) is 5.32 Å². The van der Waals surface area contributed by atoms with Crippen molar-refractivity contribution in [2.24, 2.45) is 0 Å². The standard InChI is InChI=1S/C19H20BrN3O3/c1-13(21-12-18(24)22-16-4-2-3-15(20)11-16)14-5-7-17(8-6-14)23-9-10-26-19(23)25/h2-8,11,13,21H,9-10,12H2,1H3,(H,22,24). The van der Waals surface area contributed by atoms with Gasteiger partial charge in [-0.05, 0) is 42.8 Å². The van der Waals surface area contributed by atoms with Gasteiger partial charge in [-0.15, -0.1) is 0 Å². The molecule has 6 nitrogen and oxygen atoms in total. The molecule has 1 heterocycles.